The third-order valence-corrected chi connectivity index (χ3v) is 6.54. The van der Waals surface area contributed by atoms with Crippen LogP contribution < -0.4 is 10.1 Å². The molecule has 2 N–H and O–H groups in total. The van der Waals surface area contributed by atoms with Gasteiger partial charge in [0.1, 0.15) is 16.6 Å². The van der Waals surface area contributed by atoms with E-state index in [1.54, 1.807) is 24.9 Å². The minimum atomic E-state index is -0.551. The number of carbonyl (C=O) groups is 2. The molecule has 1 aromatic carbocycles. The van der Waals surface area contributed by atoms with Gasteiger partial charge in [0.05, 0.1) is 24.2 Å². The van der Waals surface area contributed by atoms with Crippen LogP contribution in [0.15, 0.2) is 29.2 Å². The number of nitrogens with one attached hydrogen (secondary N) is 1. The van der Waals surface area contributed by atoms with Crippen LogP contribution in [0.1, 0.15) is 5.56 Å². The lowest BCUT2D eigenvalue weighted by molar-refractivity contribution is -0.129. The van der Waals surface area contributed by atoms with Crippen molar-refractivity contribution in [3.63, 3.8) is 0 Å². The molecule has 2 fully saturated rings. The Balaban J connectivity index is 1.64. The van der Waals surface area contributed by atoms with Gasteiger partial charge in [0.25, 0.3) is 5.91 Å². The molecule has 6 nitrogen and oxygen atoms in total. The minimum absolute atomic E-state index is 0.140. The number of rotatable bonds is 5. The topological polar surface area (TPSA) is 78.9 Å². The Labute approximate surface area is 165 Å². The van der Waals surface area contributed by atoms with Gasteiger partial charge in [0.15, 0.2) is 0 Å². The van der Waals surface area contributed by atoms with Crippen LogP contribution in [0.5, 0.6) is 5.75 Å². The van der Waals surface area contributed by atoms with E-state index in [0.29, 0.717) is 20.7 Å². The molecule has 0 unspecified atom stereocenters. The number of thiocarbonyl (C=S) groups is 1. The molecule has 26 heavy (non-hydrogen) atoms. The normalized spacial score (nSPS) is 24.4. The lowest BCUT2D eigenvalue weighted by atomic mass is 10.2. The fraction of sp³-hybridized carbons (Fsp3) is 0.353. The van der Waals surface area contributed by atoms with Gasteiger partial charge < -0.3 is 15.2 Å². The van der Waals surface area contributed by atoms with Crippen molar-refractivity contribution in [2.24, 2.45) is 0 Å². The number of aliphatic hydroxyl groups is 1. The predicted octanol–water partition coefficient (Wildman–Crippen LogP) is 1.49. The third-order valence-electron chi connectivity index (χ3n) is 3.99. The standard InChI is InChI=1S/C17H18N2O4S3/c1-23-11-4-2-10(3-5-11)6-14-16(22)19(17(24)26-14)7-15(21)18-12-8-25-9-13(12)20/h2-6,12-13,20H,7-9H2,1H3,(H,18,21)/b14-6-/t12-,13-/m1/s1. The van der Waals surface area contributed by atoms with Crippen molar-refractivity contribution in [3.05, 3.63) is 34.7 Å². The number of nitrogens with zero attached hydrogens (tertiary/aromatic N) is 1. The molecule has 2 heterocycles. The zero-order chi connectivity index (χ0) is 18.7. The summed E-state index contributed by atoms with van der Waals surface area (Å²) < 4.78 is 5.47. The van der Waals surface area contributed by atoms with Crippen LogP contribution >= 0.6 is 35.7 Å². The van der Waals surface area contributed by atoms with Crippen LogP contribution in [0.3, 0.4) is 0 Å². The average Bonchev–Trinajstić information content (AvgIpc) is 3.14. The molecule has 0 spiro atoms. The van der Waals surface area contributed by atoms with Crippen molar-refractivity contribution in [2.45, 2.75) is 12.1 Å². The molecule has 0 aliphatic carbocycles. The highest BCUT2D eigenvalue weighted by molar-refractivity contribution is 8.26. The fourth-order valence-electron chi connectivity index (χ4n) is 2.56. The number of benzene rings is 1. The summed E-state index contributed by atoms with van der Waals surface area (Å²) in [5, 5.41) is 12.6. The Morgan fingerprint density at radius 1 is 1.42 bits per heavy atom. The smallest absolute Gasteiger partial charge is 0.266 e. The van der Waals surface area contributed by atoms with E-state index in [1.807, 2.05) is 24.3 Å². The molecule has 0 bridgehead atoms. The SMILES string of the molecule is COc1ccc(/C=C2\SC(=S)N(CC(=O)N[C@@H]3CSC[C@H]3O)C2=O)cc1. The zero-order valence-electron chi connectivity index (χ0n) is 14.0. The first-order chi connectivity index (χ1) is 12.5. The lowest BCUT2D eigenvalue weighted by Crippen LogP contribution is -2.47. The van der Waals surface area contributed by atoms with Crippen molar-refractivity contribution in [2.75, 3.05) is 25.2 Å². The second-order valence-electron chi connectivity index (χ2n) is 5.82. The average molecular weight is 411 g/mol. The predicted molar refractivity (Wildman–Crippen MR) is 108 cm³/mol. The van der Waals surface area contributed by atoms with Crippen molar-refractivity contribution in [3.8, 4) is 5.75 Å². The molecule has 2 aliphatic heterocycles. The maximum Gasteiger partial charge on any atom is 0.266 e. The van der Waals surface area contributed by atoms with Gasteiger partial charge >= 0.3 is 0 Å². The second kappa shape index (κ2) is 8.43. The largest absolute Gasteiger partial charge is 0.497 e. The fourth-order valence-corrected chi connectivity index (χ4v) is 4.99. The van der Waals surface area contributed by atoms with E-state index in [-0.39, 0.29) is 24.4 Å². The number of amides is 2. The van der Waals surface area contributed by atoms with Crippen molar-refractivity contribution in [1.82, 2.24) is 10.2 Å². The van der Waals surface area contributed by atoms with Gasteiger partial charge in [0, 0.05) is 11.5 Å². The Kier molecular flexibility index (Phi) is 6.23. The molecule has 2 saturated heterocycles. The van der Waals surface area contributed by atoms with Gasteiger partial charge in [0.2, 0.25) is 5.91 Å². The quantitative estimate of drug-likeness (QED) is 0.562. The van der Waals surface area contributed by atoms with E-state index >= 15 is 0 Å². The number of ether oxygens (including phenoxy) is 1. The first-order valence-corrected chi connectivity index (χ1v) is 10.3. The molecule has 2 atom stereocenters. The molecule has 2 aliphatic rings. The summed E-state index contributed by atoms with van der Waals surface area (Å²) in [4.78, 5) is 26.5. The van der Waals surface area contributed by atoms with Crippen LogP contribution in [-0.2, 0) is 9.59 Å². The highest BCUT2D eigenvalue weighted by Crippen LogP contribution is 2.32. The van der Waals surface area contributed by atoms with E-state index in [4.69, 9.17) is 17.0 Å². The maximum atomic E-state index is 12.6. The van der Waals surface area contributed by atoms with E-state index in [2.05, 4.69) is 5.32 Å². The lowest BCUT2D eigenvalue weighted by Gasteiger charge is -2.18. The molecule has 0 aromatic heterocycles. The number of hydrogen-bond acceptors (Lipinski definition) is 7. The minimum Gasteiger partial charge on any atom is -0.497 e. The van der Waals surface area contributed by atoms with E-state index in [0.717, 1.165) is 11.3 Å². The maximum absolute atomic E-state index is 12.6. The zero-order valence-corrected chi connectivity index (χ0v) is 16.5. The Hall–Kier alpha value is -1.55. The molecule has 0 radical (unpaired) electrons. The first-order valence-electron chi connectivity index (χ1n) is 7.92. The van der Waals surface area contributed by atoms with Crippen LogP contribution in [0.4, 0.5) is 0 Å². The summed E-state index contributed by atoms with van der Waals surface area (Å²) in [5.74, 6) is 1.41. The molecule has 9 heteroatoms. The van der Waals surface area contributed by atoms with Gasteiger partial charge in [-0.3, -0.25) is 14.5 Å². The van der Waals surface area contributed by atoms with E-state index in [9.17, 15) is 14.7 Å². The summed E-state index contributed by atoms with van der Waals surface area (Å²) in [6.07, 6.45) is 1.19. The molecular formula is C17H18N2O4S3. The second-order valence-corrected chi connectivity index (χ2v) is 8.57. The highest BCUT2D eigenvalue weighted by atomic mass is 32.2. The molecule has 0 saturated carbocycles. The van der Waals surface area contributed by atoms with Gasteiger partial charge in [-0.05, 0) is 23.8 Å². The Bertz CT molecular complexity index is 751. The number of carbonyl (C=O) groups excluding carboxylic acids is 2. The van der Waals surface area contributed by atoms with Crippen molar-refractivity contribution >= 4 is 58.0 Å². The Morgan fingerprint density at radius 2 is 2.15 bits per heavy atom. The van der Waals surface area contributed by atoms with Gasteiger partial charge in [-0.15, -0.1) is 0 Å². The summed E-state index contributed by atoms with van der Waals surface area (Å²) in [5.41, 5.74) is 0.849. The Morgan fingerprint density at radius 3 is 2.77 bits per heavy atom. The van der Waals surface area contributed by atoms with Crippen molar-refractivity contribution in [1.29, 1.82) is 0 Å². The van der Waals surface area contributed by atoms with E-state index < -0.39 is 6.10 Å². The molecule has 2 amide bonds. The van der Waals surface area contributed by atoms with Crippen LogP contribution in [0, 0.1) is 0 Å². The summed E-state index contributed by atoms with van der Waals surface area (Å²) in [6.45, 7) is -0.140. The number of hydrogen-bond donors (Lipinski definition) is 2. The highest BCUT2D eigenvalue weighted by Gasteiger charge is 2.34. The van der Waals surface area contributed by atoms with Crippen LogP contribution in [0.25, 0.3) is 6.08 Å². The van der Waals surface area contributed by atoms with Crippen molar-refractivity contribution < 1.29 is 19.4 Å². The monoisotopic (exact) mass is 410 g/mol. The molecule has 138 valence electrons. The van der Waals surface area contributed by atoms with Crippen LogP contribution in [0.2, 0.25) is 0 Å². The number of thioether (sulfide) groups is 2. The van der Waals surface area contributed by atoms with Gasteiger partial charge in [-0.1, -0.05) is 36.1 Å². The molecular weight excluding hydrogens is 392 g/mol. The van der Waals surface area contributed by atoms with Gasteiger partial charge in [-0.2, -0.15) is 11.8 Å². The summed E-state index contributed by atoms with van der Waals surface area (Å²) in [6, 6.07) is 7.03. The van der Waals surface area contributed by atoms with Crippen LogP contribution in [-0.4, -0.2) is 63.4 Å². The number of aliphatic hydroxyl groups excluding tert-OH is 1. The first kappa shape index (κ1) is 19.2. The third kappa shape index (κ3) is 4.40. The number of methoxy groups -OCH3 is 1. The summed E-state index contributed by atoms with van der Waals surface area (Å²) >= 11 is 8.01. The van der Waals surface area contributed by atoms with E-state index in [1.165, 1.54) is 16.7 Å². The van der Waals surface area contributed by atoms with Gasteiger partial charge in [-0.25, -0.2) is 0 Å². The molecule has 3 rings (SSSR count). The molecule has 1 aromatic rings. The summed E-state index contributed by atoms with van der Waals surface area (Å²) in [7, 11) is 1.59.